The second kappa shape index (κ2) is 5.15. The van der Waals surface area contributed by atoms with Crippen LogP contribution in [0.2, 0.25) is 0 Å². The molecule has 2 aliphatic heterocycles. The SMILES string of the molecule is CSc1ncc(CN2CCC3(CCO3)CC2)cn1. The minimum atomic E-state index is 0.246. The molecule has 2 fully saturated rings. The highest BCUT2D eigenvalue weighted by Crippen LogP contribution is 2.36. The molecule has 1 aromatic heterocycles. The first-order valence-corrected chi connectivity index (χ1v) is 7.73. The van der Waals surface area contributed by atoms with Gasteiger partial charge in [0, 0.05) is 37.6 Å². The van der Waals surface area contributed by atoms with Gasteiger partial charge in [-0.2, -0.15) is 0 Å². The smallest absolute Gasteiger partial charge is 0.187 e. The minimum Gasteiger partial charge on any atom is -0.375 e. The Balaban J connectivity index is 1.53. The maximum absolute atomic E-state index is 5.73. The maximum Gasteiger partial charge on any atom is 0.187 e. The van der Waals surface area contributed by atoms with Gasteiger partial charge in [-0.1, -0.05) is 11.8 Å². The van der Waals surface area contributed by atoms with E-state index in [2.05, 4.69) is 14.9 Å². The summed E-state index contributed by atoms with van der Waals surface area (Å²) in [5.41, 5.74) is 1.45. The number of likely N-dealkylation sites (tertiary alicyclic amines) is 1. The molecule has 0 aliphatic carbocycles. The van der Waals surface area contributed by atoms with E-state index in [4.69, 9.17) is 4.74 Å². The lowest BCUT2D eigenvalue weighted by molar-refractivity contribution is -0.173. The highest BCUT2D eigenvalue weighted by atomic mass is 32.2. The fourth-order valence-electron chi connectivity index (χ4n) is 2.69. The zero-order chi connectivity index (χ0) is 12.4. The number of hydrogen-bond acceptors (Lipinski definition) is 5. The molecule has 0 amide bonds. The number of aromatic nitrogens is 2. The Morgan fingerprint density at radius 2 is 1.94 bits per heavy atom. The Hall–Kier alpha value is -0.650. The van der Waals surface area contributed by atoms with E-state index in [1.54, 1.807) is 11.8 Å². The first-order chi connectivity index (χ1) is 8.80. The molecule has 2 saturated heterocycles. The molecule has 0 bridgehead atoms. The molecule has 0 aromatic carbocycles. The fourth-order valence-corrected chi connectivity index (χ4v) is 3.01. The van der Waals surface area contributed by atoms with Crippen molar-refractivity contribution in [2.24, 2.45) is 0 Å². The average molecular weight is 265 g/mol. The van der Waals surface area contributed by atoms with Gasteiger partial charge in [-0.05, 0) is 25.5 Å². The fraction of sp³-hybridized carbons (Fsp3) is 0.692. The molecule has 0 atom stereocenters. The third kappa shape index (κ3) is 2.53. The Labute approximate surface area is 112 Å². The van der Waals surface area contributed by atoms with Crippen molar-refractivity contribution in [1.82, 2.24) is 14.9 Å². The molecule has 0 radical (unpaired) electrons. The highest BCUT2D eigenvalue weighted by molar-refractivity contribution is 7.98. The van der Waals surface area contributed by atoms with E-state index in [0.717, 1.165) is 31.4 Å². The van der Waals surface area contributed by atoms with E-state index in [9.17, 15) is 0 Å². The third-order valence-corrected chi connectivity index (χ3v) is 4.58. The van der Waals surface area contributed by atoms with Crippen molar-refractivity contribution < 1.29 is 4.74 Å². The summed E-state index contributed by atoms with van der Waals surface area (Å²) in [4.78, 5) is 11.1. The van der Waals surface area contributed by atoms with Gasteiger partial charge in [0.15, 0.2) is 5.16 Å². The molecule has 2 aliphatic rings. The number of piperidine rings is 1. The van der Waals surface area contributed by atoms with E-state index in [-0.39, 0.29) is 5.60 Å². The summed E-state index contributed by atoms with van der Waals surface area (Å²) in [6, 6.07) is 0. The zero-order valence-electron chi connectivity index (χ0n) is 10.8. The van der Waals surface area contributed by atoms with Crippen molar-refractivity contribution in [3.63, 3.8) is 0 Å². The molecule has 18 heavy (non-hydrogen) atoms. The van der Waals surface area contributed by atoms with E-state index in [1.807, 2.05) is 18.6 Å². The van der Waals surface area contributed by atoms with Crippen LogP contribution in [0.1, 0.15) is 24.8 Å². The molecule has 0 N–H and O–H groups in total. The Morgan fingerprint density at radius 1 is 1.28 bits per heavy atom. The van der Waals surface area contributed by atoms with E-state index in [0.29, 0.717) is 0 Å². The van der Waals surface area contributed by atoms with Crippen LogP contribution in [-0.2, 0) is 11.3 Å². The van der Waals surface area contributed by atoms with Gasteiger partial charge in [-0.15, -0.1) is 0 Å². The summed E-state index contributed by atoms with van der Waals surface area (Å²) in [6.45, 7) is 4.18. The van der Waals surface area contributed by atoms with Crippen molar-refractivity contribution in [3.05, 3.63) is 18.0 Å². The van der Waals surface area contributed by atoms with Gasteiger partial charge in [0.25, 0.3) is 0 Å². The monoisotopic (exact) mass is 265 g/mol. The summed E-state index contributed by atoms with van der Waals surface area (Å²) >= 11 is 1.58. The number of thioether (sulfide) groups is 1. The molecule has 0 saturated carbocycles. The number of nitrogens with zero attached hydrogens (tertiary/aromatic N) is 3. The second-order valence-corrected chi connectivity index (χ2v) is 5.91. The number of rotatable bonds is 3. The van der Waals surface area contributed by atoms with Crippen LogP contribution in [0.25, 0.3) is 0 Å². The molecule has 1 spiro atoms. The predicted molar refractivity (Wildman–Crippen MR) is 71.6 cm³/mol. The predicted octanol–water partition coefficient (Wildman–Crippen LogP) is 1.95. The van der Waals surface area contributed by atoms with Gasteiger partial charge in [0.05, 0.1) is 12.2 Å². The van der Waals surface area contributed by atoms with Crippen LogP contribution in [0.4, 0.5) is 0 Å². The Morgan fingerprint density at radius 3 is 2.44 bits per heavy atom. The summed E-state index contributed by atoms with van der Waals surface area (Å²) in [7, 11) is 0. The minimum absolute atomic E-state index is 0.246. The molecule has 0 unspecified atom stereocenters. The molecule has 3 rings (SSSR count). The van der Waals surface area contributed by atoms with E-state index < -0.39 is 0 Å². The van der Waals surface area contributed by atoms with E-state index >= 15 is 0 Å². The maximum atomic E-state index is 5.73. The van der Waals surface area contributed by atoms with Crippen molar-refractivity contribution in [2.75, 3.05) is 26.0 Å². The van der Waals surface area contributed by atoms with Gasteiger partial charge in [0.1, 0.15) is 0 Å². The highest BCUT2D eigenvalue weighted by Gasteiger charge is 2.40. The first kappa shape index (κ1) is 12.4. The lowest BCUT2D eigenvalue weighted by atomic mass is 9.84. The summed E-state index contributed by atoms with van der Waals surface area (Å²) in [5, 5.41) is 0.846. The van der Waals surface area contributed by atoms with Gasteiger partial charge in [0.2, 0.25) is 0 Å². The topological polar surface area (TPSA) is 38.2 Å². The van der Waals surface area contributed by atoms with Gasteiger partial charge < -0.3 is 4.74 Å². The molecular weight excluding hydrogens is 246 g/mol. The number of ether oxygens (including phenoxy) is 1. The van der Waals surface area contributed by atoms with Crippen LogP contribution in [0.3, 0.4) is 0 Å². The lowest BCUT2D eigenvalue weighted by Crippen LogP contribution is -2.52. The standard InChI is InChI=1S/C13H19N3OS/c1-18-12-14-8-11(9-15-12)10-16-5-2-13(3-6-16)4-7-17-13/h8-9H,2-7,10H2,1H3. The van der Waals surface area contributed by atoms with Crippen LogP contribution in [0.15, 0.2) is 17.6 Å². The van der Waals surface area contributed by atoms with Crippen LogP contribution in [-0.4, -0.2) is 46.4 Å². The number of hydrogen-bond donors (Lipinski definition) is 0. The first-order valence-electron chi connectivity index (χ1n) is 6.51. The largest absolute Gasteiger partial charge is 0.375 e. The lowest BCUT2D eigenvalue weighted by Gasteiger charge is -2.47. The molecule has 3 heterocycles. The van der Waals surface area contributed by atoms with Crippen LogP contribution >= 0.6 is 11.8 Å². The molecular formula is C13H19N3OS. The summed E-state index contributed by atoms with van der Waals surface area (Å²) in [5.74, 6) is 0. The molecule has 1 aromatic rings. The molecule has 4 nitrogen and oxygen atoms in total. The van der Waals surface area contributed by atoms with Gasteiger partial charge in [-0.25, -0.2) is 9.97 Å². The van der Waals surface area contributed by atoms with Crippen LogP contribution < -0.4 is 0 Å². The Bertz CT molecular complexity index is 395. The van der Waals surface area contributed by atoms with Crippen LogP contribution in [0.5, 0.6) is 0 Å². The summed E-state index contributed by atoms with van der Waals surface area (Å²) < 4.78 is 5.73. The summed E-state index contributed by atoms with van der Waals surface area (Å²) in [6.07, 6.45) is 9.50. The van der Waals surface area contributed by atoms with Crippen LogP contribution in [0, 0.1) is 0 Å². The normalized spacial score (nSPS) is 22.9. The zero-order valence-corrected chi connectivity index (χ0v) is 11.6. The van der Waals surface area contributed by atoms with E-state index in [1.165, 1.54) is 24.8 Å². The third-order valence-electron chi connectivity index (χ3n) is 4.00. The van der Waals surface area contributed by atoms with Crippen molar-refractivity contribution in [3.8, 4) is 0 Å². The Kier molecular flexibility index (Phi) is 3.54. The molecule has 5 heteroatoms. The second-order valence-electron chi connectivity index (χ2n) is 5.14. The van der Waals surface area contributed by atoms with Crippen molar-refractivity contribution in [1.29, 1.82) is 0 Å². The van der Waals surface area contributed by atoms with Gasteiger partial charge >= 0.3 is 0 Å². The molecule has 98 valence electrons. The van der Waals surface area contributed by atoms with Gasteiger partial charge in [-0.3, -0.25) is 4.90 Å². The average Bonchev–Trinajstić information content (AvgIpc) is 2.39. The van der Waals surface area contributed by atoms with Crippen molar-refractivity contribution in [2.45, 2.75) is 36.6 Å². The van der Waals surface area contributed by atoms with Crippen molar-refractivity contribution >= 4 is 11.8 Å². The quantitative estimate of drug-likeness (QED) is 0.617.